The van der Waals surface area contributed by atoms with E-state index in [1.165, 1.54) is 29.2 Å². The maximum atomic E-state index is 12.7. The molecule has 0 aliphatic rings. The fourth-order valence-electron chi connectivity index (χ4n) is 1.32. The van der Waals surface area contributed by atoms with E-state index in [9.17, 15) is 9.18 Å². The maximum Gasteiger partial charge on any atom is 0.267 e. The van der Waals surface area contributed by atoms with Crippen LogP contribution in [-0.4, -0.2) is 9.55 Å². The highest BCUT2D eigenvalue weighted by Crippen LogP contribution is 2.05. The Balaban J connectivity index is 2.31. The predicted molar refractivity (Wildman–Crippen MR) is 61.7 cm³/mol. The summed E-state index contributed by atoms with van der Waals surface area (Å²) in [6.45, 7) is 0.381. The summed E-state index contributed by atoms with van der Waals surface area (Å²) in [5.74, 6) is -0.288. The molecular formula is C11H8BrFN2O. The lowest BCUT2D eigenvalue weighted by Crippen LogP contribution is -2.21. The van der Waals surface area contributed by atoms with Crippen LogP contribution in [0.2, 0.25) is 0 Å². The smallest absolute Gasteiger partial charge is 0.267 e. The topological polar surface area (TPSA) is 34.9 Å². The first-order valence-corrected chi connectivity index (χ1v) is 5.40. The van der Waals surface area contributed by atoms with Crippen molar-refractivity contribution in [1.82, 2.24) is 9.55 Å². The lowest BCUT2D eigenvalue weighted by molar-refractivity contribution is 0.625. The molecule has 3 nitrogen and oxygen atoms in total. The molecule has 0 aliphatic heterocycles. The number of nitrogens with zero attached hydrogens (tertiary/aromatic N) is 2. The number of hydrogen-bond acceptors (Lipinski definition) is 2. The van der Waals surface area contributed by atoms with E-state index in [0.717, 1.165) is 5.56 Å². The van der Waals surface area contributed by atoms with E-state index in [2.05, 4.69) is 20.9 Å². The van der Waals surface area contributed by atoms with Gasteiger partial charge in [-0.1, -0.05) is 12.1 Å². The van der Waals surface area contributed by atoms with Gasteiger partial charge in [0.05, 0.1) is 12.9 Å². The molecule has 5 heteroatoms. The average Bonchev–Trinajstić information content (AvgIpc) is 2.28. The van der Waals surface area contributed by atoms with E-state index in [0.29, 0.717) is 11.0 Å². The highest BCUT2D eigenvalue weighted by Gasteiger charge is 2.01. The Labute approximate surface area is 99.7 Å². The van der Waals surface area contributed by atoms with Gasteiger partial charge in [-0.2, -0.15) is 0 Å². The van der Waals surface area contributed by atoms with Gasteiger partial charge in [-0.05, 0) is 33.6 Å². The molecule has 0 atom stereocenters. The van der Waals surface area contributed by atoms with Gasteiger partial charge in [-0.3, -0.25) is 9.36 Å². The highest BCUT2D eigenvalue weighted by molar-refractivity contribution is 9.10. The minimum atomic E-state index is -0.288. The van der Waals surface area contributed by atoms with E-state index in [1.54, 1.807) is 12.1 Å². The van der Waals surface area contributed by atoms with Gasteiger partial charge < -0.3 is 0 Å². The molecule has 0 unspecified atom stereocenters. The van der Waals surface area contributed by atoms with Crippen molar-refractivity contribution in [2.45, 2.75) is 6.54 Å². The molecule has 0 spiro atoms. The summed E-state index contributed by atoms with van der Waals surface area (Å²) in [4.78, 5) is 15.5. The lowest BCUT2D eigenvalue weighted by atomic mass is 10.2. The van der Waals surface area contributed by atoms with Gasteiger partial charge in [0.25, 0.3) is 5.56 Å². The molecule has 16 heavy (non-hydrogen) atoms. The molecule has 1 heterocycles. The summed E-state index contributed by atoms with van der Waals surface area (Å²) >= 11 is 3.12. The third-order valence-corrected chi connectivity index (χ3v) is 2.67. The molecule has 2 rings (SSSR count). The molecule has 1 aromatic heterocycles. The van der Waals surface area contributed by atoms with Gasteiger partial charge in [0.15, 0.2) is 0 Å². The number of rotatable bonds is 2. The second kappa shape index (κ2) is 4.57. The lowest BCUT2D eigenvalue weighted by Gasteiger charge is -2.05. The zero-order valence-corrected chi connectivity index (χ0v) is 9.82. The Kier molecular flexibility index (Phi) is 3.14. The fraction of sp³-hybridized carbons (Fsp3) is 0.0909. The fourth-order valence-corrected chi connectivity index (χ4v) is 1.67. The number of benzene rings is 1. The van der Waals surface area contributed by atoms with Crippen LogP contribution in [0.3, 0.4) is 0 Å². The van der Waals surface area contributed by atoms with Crippen molar-refractivity contribution in [2.24, 2.45) is 0 Å². The largest absolute Gasteiger partial charge is 0.294 e. The Hall–Kier alpha value is -1.49. The van der Waals surface area contributed by atoms with Crippen LogP contribution in [0, 0.1) is 5.82 Å². The zero-order chi connectivity index (χ0) is 11.5. The second-order valence-corrected chi connectivity index (χ2v) is 4.16. The van der Waals surface area contributed by atoms with E-state index in [-0.39, 0.29) is 11.4 Å². The number of aromatic nitrogens is 2. The van der Waals surface area contributed by atoms with Crippen molar-refractivity contribution in [3.63, 3.8) is 0 Å². The summed E-state index contributed by atoms with van der Waals surface area (Å²) < 4.78 is 14.6. The molecule has 0 saturated heterocycles. The molecule has 2 aromatic rings. The quantitative estimate of drug-likeness (QED) is 0.846. The van der Waals surface area contributed by atoms with Crippen LogP contribution in [0.5, 0.6) is 0 Å². The van der Waals surface area contributed by atoms with Crippen molar-refractivity contribution in [1.29, 1.82) is 0 Å². The summed E-state index contributed by atoms with van der Waals surface area (Å²) in [6.07, 6.45) is 2.90. The molecule has 0 amide bonds. The first-order valence-electron chi connectivity index (χ1n) is 4.61. The van der Waals surface area contributed by atoms with E-state index < -0.39 is 0 Å². The summed E-state index contributed by atoms with van der Waals surface area (Å²) in [5.41, 5.74) is 0.697. The van der Waals surface area contributed by atoms with Crippen LogP contribution in [0.15, 0.2) is 46.1 Å². The van der Waals surface area contributed by atoms with Crippen LogP contribution in [-0.2, 0) is 6.54 Å². The highest BCUT2D eigenvalue weighted by atomic mass is 79.9. The van der Waals surface area contributed by atoms with Crippen molar-refractivity contribution in [2.75, 3.05) is 0 Å². The van der Waals surface area contributed by atoms with Crippen LogP contribution >= 0.6 is 15.9 Å². The number of halogens is 2. The predicted octanol–water partition coefficient (Wildman–Crippen LogP) is 2.19. The molecule has 0 radical (unpaired) electrons. The van der Waals surface area contributed by atoms with E-state index in [1.807, 2.05) is 0 Å². The first-order chi connectivity index (χ1) is 7.66. The molecule has 0 aliphatic carbocycles. The van der Waals surface area contributed by atoms with Crippen LogP contribution < -0.4 is 5.56 Å². The minimum absolute atomic E-state index is 0.153. The van der Waals surface area contributed by atoms with Crippen molar-refractivity contribution >= 4 is 15.9 Å². The molecule has 0 N–H and O–H groups in total. The molecule has 1 aromatic carbocycles. The monoisotopic (exact) mass is 282 g/mol. The van der Waals surface area contributed by atoms with Gasteiger partial charge in [-0.25, -0.2) is 9.37 Å². The maximum absolute atomic E-state index is 12.7. The standard InChI is InChI=1S/C11H8BrFN2O/c12-10-5-14-7-15(11(10)16)6-8-1-3-9(13)4-2-8/h1-5,7H,6H2. The van der Waals surface area contributed by atoms with Crippen LogP contribution in [0.25, 0.3) is 0 Å². The zero-order valence-electron chi connectivity index (χ0n) is 8.23. The molecule has 82 valence electrons. The van der Waals surface area contributed by atoms with Gasteiger partial charge in [0.2, 0.25) is 0 Å². The normalized spacial score (nSPS) is 10.4. The van der Waals surface area contributed by atoms with Gasteiger partial charge in [0.1, 0.15) is 10.3 Å². The van der Waals surface area contributed by atoms with Crippen molar-refractivity contribution in [3.8, 4) is 0 Å². The number of hydrogen-bond donors (Lipinski definition) is 0. The Morgan fingerprint density at radius 2 is 2.00 bits per heavy atom. The van der Waals surface area contributed by atoms with Crippen molar-refractivity contribution in [3.05, 3.63) is 63.0 Å². The summed E-state index contributed by atoms with van der Waals surface area (Å²) in [7, 11) is 0. The summed E-state index contributed by atoms with van der Waals surface area (Å²) in [6, 6.07) is 6.02. The Morgan fingerprint density at radius 3 is 2.69 bits per heavy atom. The Morgan fingerprint density at radius 1 is 1.31 bits per heavy atom. The third kappa shape index (κ3) is 2.36. The third-order valence-electron chi connectivity index (χ3n) is 2.13. The van der Waals surface area contributed by atoms with Crippen molar-refractivity contribution < 1.29 is 4.39 Å². The SMILES string of the molecule is O=c1c(Br)cncn1Cc1ccc(F)cc1. The van der Waals surface area contributed by atoms with E-state index >= 15 is 0 Å². The van der Waals surface area contributed by atoms with Gasteiger partial charge in [0, 0.05) is 6.20 Å². The second-order valence-electron chi connectivity index (χ2n) is 3.30. The van der Waals surface area contributed by atoms with E-state index in [4.69, 9.17) is 0 Å². The minimum Gasteiger partial charge on any atom is -0.294 e. The molecule has 0 saturated carbocycles. The van der Waals surface area contributed by atoms with Crippen LogP contribution in [0.1, 0.15) is 5.56 Å². The first kappa shape index (κ1) is 11.0. The molecular weight excluding hydrogens is 275 g/mol. The average molecular weight is 283 g/mol. The van der Waals surface area contributed by atoms with Gasteiger partial charge in [-0.15, -0.1) is 0 Å². The molecule has 0 fully saturated rings. The molecule has 0 bridgehead atoms. The van der Waals surface area contributed by atoms with Crippen LogP contribution in [0.4, 0.5) is 4.39 Å². The van der Waals surface area contributed by atoms with Gasteiger partial charge >= 0.3 is 0 Å². The summed E-state index contributed by atoms with van der Waals surface area (Å²) in [5, 5.41) is 0. The Bertz CT molecular complexity index is 551.